The van der Waals surface area contributed by atoms with Gasteiger partial charge in [-0.15, -0.1) is 0 Å². The van der Waals surface area contributed by atoms with Crippen LogP contribution in [0.25, 0.3) is 0 Å². The van der Waals surface area contributed by atoms with E-state index in [0.717, 1.165) is 19.4 Å². The smallest absolute Gasteiger partial charge is 0.0148 e. The molecule has 0 aromatic heterocycles. The molecule has 0 bridgehead atoms. The third-order valence-corrected chi connectivity index (χ3v) is 3.81. The van der Waals surface area contributed by atoms with Gasteiger partial charge in [0.05, 0.1) is 0 Å². The molecular weight excluding hydrogens is 254 g/mol. The molecule has 0 aliphatic heterocycles. The summed E-state index contributed by atoms with van der Waals surface area (Å²) in [6, 6.07) is 18.2. The standard InChI is InChI=1S/C20H27N/c1-4-11-21-20(14-18-9-5-7-16(2)12-18)15-19-10-6-8-17(3)13-19/h5-10,12-13,20-21H,4,11,14-15H2,1-3H3. The summed E-state index contributed by atoms with van der Waals surface area (Å²) in [5.74, 6) is 0. The highest BCUT2D eigenvalue weighted by atomic mass is 14.9. The molecule has 0 aliphatic rings. The molecule has 21 heavy (non-hydrogen) atoms. The molecule has 0 atom stereocenters. The van der Waals surface area contributed by atoms with Gasteiger partial charge in [-0.3, -0.25) is 0 Å². The number of hydrogen-bond acceptors (Lipinski definition) is 1. The van der Waals surface area contributed by atoms with Crippen molar-refractivity contribution in [3.63, 3.8) is 0 Å². The molecular formula is C20H27N. The summed E-state index contributed by atoms with van der Waals surface area (Å²) in [7, 11) is 0. The fraction of sp³-hybridized carbons (Fsp3) is 0.400. The van der Waals surface area contributed by atoms with Gasteiger partial charge in [-0.05, 0) is 50.8 Å². The number of benzene rings is 2. The van der Waals surface area contributed by atoms with E-state index in [1.165, 1.54) is 28.7 Å². The van der Waals surface area contributed by atoms with Crippen LogP contribution in [0.5, 0.6) is 0 Å². The first-order valence-electron chi connectivity index (χ1n) is 8.02. The summed E-state index contributed by atoms with van der Waals surface area (Å²) >= 11 is 0. The van der Waals surface area contributed by atoms with Crippen LogP contribution < -0.4 is 5.32 Å². The van der Waals surface area contributed by atoms with E-state index < -0.39 is 0 Å². The predicted molar refractivity (Wildman–Crippen MR) is 91.8 cm³/mol. The van der Waals surface area contributed by atoms with Crippen molar-refractivity contribution in [2.24, 2.45) is 0 Å². The Morgan fingerprint density at radius 1 is 0.857 bits per heavy atom. The third-order valence-electron chi connectivity index (χ3n) is 3.81. The Morgan fingerprint density at radius 3 is 1.81 bits per heavy atom. The normalized spacial score (nSPS) is 11.0. The molecule has 0 unspecified atom stereocenters. The molecule has 0 spiro atoms. The number of hydrogen-bond donors (Lipinski definition) is 1. The van der Waals surface area contributed by atoms with Gasteiger partial charge >= 0.3 is 0 Å². The molecule has 1 heteroatoms. The third kappa shape index (κ3) is 5.35. The molecule has 2 aromatic carbocycles. The fourth-order valence-corrected chi connectivity index (χ4v) is 2.81. The molecule has 0 radical (unpaired) electrons. The lowest BCUT2D eigenvalue weighted by atomic mass is 9.97. The topological polar surface area (TPSA) is 12.0 Å². The summed E-state index contributed by atoms with van der Waals surface area (Å²) < 4.78 is 0. The maximum Gasteiger partial charge on any atom is 0.0148 e. The molecule has 112 valence electrons. The molecule has 2 aromatic rings. The van der Waals surface area contributed by atoms with Crippen LogP contribution in [0.15, 0.2) is 48.5 Å². The van der Waals surface area contributed by atoms with Crippen LogP contribution >= 0.6 is 0 Å². The zero-order chi connectivity index (χ0) is 15.1. The van der Waals surface area contributed by atoms with E-state index in [2.05, 4.69) is 74.6 Å². The van der Waals surface area contributed by atoms with Crippen LogP contribution in [0, 0.1) is 13.8 Å². The highest BCUT2D eigenvalue weighted by molar-refractivity contribution is 5.25. The van der Waals surface area contributed by atoms with E-state index in [4.69, 9.17) is 0 Å². The first-order valence-corrected chi connectivity index (χ1v) is 8.02. The van der Waals surface area contributed by atoms with Gasteiger partial charge in [0.2, 0.25) is 0 Å². The van der Waals surface area contributed by atoms with Crippen molar-refractivity contribution in [3.05, 3.63) is 70.8 Å². The predicted octanol–water partition coefficient (Wildman–Crippen LogP) is 4.46. The van der Waals surface area contributed by atoms with Gasteiger partial charge in [-0.2, -0.15) is 0 Å². The monoisotopic (exact) mass is 281 g/mol. The van der Waals surface area contributed by atoms with Gasteiger partial charge < -0.3 is 5.32 Å². The Bertz CT molecular complexity index is 512. The maximum absolute atomic E-state index is 3.71. The Hall–Kier alpha value is -1.60. The Kier molecular flexibility index (Phi) is 6.01. The van der Waals surface area contributed by atoms with Crippen LogP contribution in [0.4, 0.5) is 0 Å². The molecule has 1 N–H and O–H groups in total. The van der Waals surface area contributed by atoms with Gasteiger partial charge in [0, 0.05) is 6.04 Å². The second-order valence-corrected chi connectivity index (χ2v) is 6.04. The molecule has 0 fully saturated rings. The summed E-state index contributed by atoms with van der Waals surface area (Å²) in [6.07, 6.45) is 3.36. The molecule has 2 rings (SSSR count). The van der Waals surface area contributed by atoms with Crippen LogP contribution in [0.2, 0.25) is 0 Å². The quantitative estimate of drug-likeness (QED) is 0.790. The van der Waals surface area contributed by atoms with Crippen molar-refractivity contribution in [3.8, 4) is 0 Å². The van der Waals surface area contributed by atoms with Gasteiger partial charge in [0.1, 0.15) is 0 Å². The molecule has 0 heterocycles. The van der Waals surface area contributed by atoms with Crippen LogP contribution in [-0.4, -0.2) is 12.6 Å². The summed E-state index contributed by atoms with van der Waals surface area (Å²) in [4.78, 5) is 0. The van der Waals surface area contributed by atoms with Crippen LogP contribution in [0.1, 0.15) is 35.6 Å². The van der Waals surface area contributed by atoms with Gasteiger partial charge in [-0.25, -0.2) is 0 Å². The summed E-state index contributed by atoms with van der Waals surface area (Å²) in [5.41, 5.74) is 5.54. The summed E-state index contributed by atoms with van der Waals surface area (Å²) in [6.45, 7) is 7.64. The minimum atomic E-state index is 0.508. The van der Waals surface area contributed by atoms with E-state index in [1.54, 1.807) is 0 Å². The van der Waals surface area contributed by atoms with Crippen molar-refractivity contribution in [2.75, 3.05) is 6.54 Å². The van der Waals surface area contributed by atoms with Crippen molar-refractivity contribution in [1.29, 1.82) is 0 Å². The largest absolute Gasteiger partial charge is 0.313 e. The molecule has 0 saturated carbocycles. The van der Waals surface area contributed by atoms with Crippen molar-refractivity contribution < 1.29 is 0 Å². The minimum Gasteiger partial charge on any atom is -0.313 e. The van der Waals surface area contributed by atoms with Crippen LogP contribution in [0.3, 0.4) is 0 Å². The number of rotatable bonds is 7. The van der Waals surface area contributed by atoms with E-state index in [-0.39, 0.29) is 0 Å². The van der Waals surface area contributed by atoms with Crippen molar-refractivity contribution >= 4 is 0 Å². The minimum absolute atomic E-state index is 0.508. The van der Waals surface area contributed by atoms with Crippen molar-refractivity contribution in [2.45, 2.75) is 46.1 Å². The molecule has 0 aliphatic carbocycles. The first-order chi connectivity index (χ1) is 10.2. The lowest BCUT2D eigenvalue weighted by Crippen LogP contribution is -2.33. The van der Waals surface area contributed by atoms with Gasteiger partial charge in [0.25, 0.3) is 0 Å². The van der Waals surface area contributed by atoms with E-state index in [0.29, 0.717) is 6.04 Å². The van der Waals surface area contributed by atoms with Crippen molar-refractivity contribution in [1.82, 2.24) is 5.32 Å². The average molecular weight is 281 g/mol. The first kappa shape index (κ1) is 15.8. The van der Waals surface area contributed by atoms with E-state index in [9.17, 15) is 0 Å². The number of nitrogens with one attached hydrogen (secondary N) is 1. The van der Waals surface area contributed by atoms with Gasteiger partial charge in [0.15, 0.2) is 0 Å². The zero-order valence-corrected chi connectivity index (χ0v) is 13.5. The Balaban J connectivity index is 2.06. The Labute approximate surface area is 129 Å². The Morgan fingerprint density at radius 2 is 1.38 bits per heavy atom. The fourth-order valence-electron chi connectivity index (χ4n) is 2.81. The zero-order valence-electron chi connectivity index (χ0n) is 13.5. The van der Waals surface area contributed by atoms with Crippen LogP contribution in [-0.2, 0) is 12.8 Å². The second kappa shape index (κ2) is 7.99. The average Bonchev–Trinajstić information content (AvgIpc) is 2.45. The SMILES string of the molecule is CCCNC(Cc1cccc(C)c1)Cc1cccc(C)c1. The maximum atomic E-state index is 3.71. The highest BCUT2D eigenvalue weighted by Gasteiger charge is 2.10. The molecule has 0 amide bonds. The number of aryl methyl sites for hydroxylation is 2. The lowest BCUT2D eigenvalue weighted by molar-refractivity contribution is 0.504. The lowest BCUT2D eigenvalue weighted by Gasteiger charge is -2.19. The molecule has 1 nitrogen and oxygen atoms in total. The van der Waals surface area contributed by atoms with E-state index >= 15 is 0 Å². The second-order valence-electron chi connectivity index (χ2n) is 6.04. The van der Waals surface area contributed by atoms with Gasteiger partial charge in [-0.1, -0.05) is 66.6 Å². The van der Waals surface area contributed by atoms with E-state index in [1.807, 2.05) is 0 Å². The summed E-state index contributed by atoms with van der Waals surface area (Å²) in [5, 5.41) is 3.71. The highest BCUT2D eigenvalue weighted by Crippen LogP contribution is 2.12. The molecule has 0 saturated heterocycles.